The third kappa shape index (κ3) is 8.02. The summed E-state index contributed by atoms with van der Waals surface area (Å²) in [6.07, 6.45) is 5.71. The van der Waals surface area contributed by atoms with Crippen molar-refractivity contribution in [2.24, 2.45) is 17.8 Å². The Hall–Kier alpha value is -4.83. The summed E-state index contributed by atoms with van der Waals surface area (Å²) >= 11 is 0. The smallest absolute Gasteiger partial charge is 0.303 e. The molecule has 2 N–H and O–H groups in total. The number of aromatic hydroxyl groups is 1. The minimum absolute atomic E-state index is 0.0795. The van der Waals surface area contributed by atoms with Gasteiger partial charge in [-0.1, -0.05) is 130 Å². The summed E-state index contributed by atoms with van der Waals surface area (Å²) in [6, 6.07) is 32.7. The zero-order valence-corrected chi connectivity index (χ0v) is 34.6. The van der Waals surface area contributed by atoms with E-state index in [1.54, 1.807) is 6.07 Å². The molecule has 4 aromatic carbocycles. The maximum absolute atomic E-state index is 14.2. The van der Waals surface area contributed by atoms with Crippen molar-refractivity contribution in [3.05, 3.63) is 119 Å². The summed E-state index contributed by atoms with van der Waals surface area (Å²) in [7, 11) is -2.92. The molecule has 57 heavy (non-hydrogen) atoms. The molecular formula is C48H55NO7Si. The Morgan fingerprint density at radius 1 is 0.842 bits per heavy atom. The SMILES string of the molecule is C/C(=C\c1ccc(O)c2ccccc12)CC[C@H]1OC[C@H]2C1=C(CO[Si](c1ccccc1)(c1ccccc1)C(C)(C)C)C[C@H]1C(=O)N(CCCCCC(=O)O)C(=O)[C@H]12. The van der Waals surface area contributed by atoms with Gasteiger partial charge in [-0.05, 0) is 82.6 Å². The lowest BCUT2D eigenvalue weighted by atomic mass is 9.69. The van der Waals surface area contributed by atoms with Crippen molar-refractivity contribution in [2.75, 3.05) is 19.8 Å². The summed E-state index contributed by atoms with van der Waals surface area (Å²) in [4.78, 5) is 40.8. The van der Waals surface area contributed by atoms with E-state index in [1.807, 2.05) is 42.5 Å². The zero-order valence-electron chi connectivity index (χ0n) is 33.6. The Bertz CT molecular complexity index is 2130. The van der Waals surface area contributed by atoms with Gasteiger partial charge in [0.15, 0.2) is 0 Å². The first-order chi connectivity index (χ1) is 27.4. The van der Waals surface area contributed by atoms with Crippen LogP contribution in [0.1, 0.15) is 78.2 Å². The molecule has 2 fully saturated rings. The number of likely N-dealkylation sites (tertiary alicyclic amines) is 1. The fourth-order valence-electron chi connectivity index (χ4n) is 9.70. The van der Waals surface area contributed by atoms with Gasteiger partial charge < -0.3 is 19.4 Å². The maximum atomic E-state index is 14.2. The van der Waals surface area contributed by atoms with Crippen LogP contribution in [-0.2, 0) is 23.5 Å². The van der Waals surface area contributed by atoms with Crippen LogP contribution in [0.25, 0.3) is 16.8 Å². The van der Waals surface area contributed by atoms with Crippen LogP contribution in [0.3, 0.4) is 0 Å². The third-order valence-electron chi connectivity index (χ3n) is 12.4. The number of amides is 2. The van der Waals surface area contributed by atoms with Gasteiger partial charge in [0.05, 0.1) is 31.2 Å². The van der Waals surface area contributed by atoms with Crippen LogP contribution in [0.15, 0.2) is 114 Å². The summed E-state index contributed by atoms with van der Waals surface area (Å²) < 4.78 is 14.1. The number of allylic oxidation sites excluding steroid dienone is 1. The molecule has 2 aliphatic heterocycles. The molecule has 0 spiro atoms. The molecule has 2 saturated heterocycles. The number of carboxylic acid groups (broad SMARTS) is 1. The summed E-state index contributed by atoms with van der Waals surface area (Å²) in [5.41, 5.74) is 4.43. The summed E-state index contributed by atoms with van der Waals surface area (Å²) in [5, 5.41) is 23.5. The van der Waals surface area contributed by atoms with Crippen molar-refractivity contribution in [3.8, 4) is 5.75 Å². The number of carbonyl (C=O) groups is 3. The molecule has 0 saturated carbocycles. The second kappa shape index (κ2) is 16.9. The first kappa shape index (κ1) is 40.4. The number of phenols is 1. The fraction of sp³-hybridized carbons (Fsp3) is 0.396. The molecule has 4 aromatic rings. The minimum Gasteiger partial charge on any atom is -0.507 e. The number of aliphatic carboxylic acids is 1. The lowest BCUT2D eigenvalue weighted by Gasteiger charge is -2.44. The van der Waals surface area contributed by atoms with E-state index in [0.29, 0.717) is 45.4 Å². The standard InChI is InChI=1S/C48H55NO7Si/c1-32(28-33-24-25-41(50)38-21-14-13-20-37(33)38)23-26-42-44-34(30-56-57(48(2,3)4,35-16-8-5-9-17-35)36-18-10-6-11-19-36)29-39-45(40(44)31-55-42)47(54)49(46(39)53)27-15-7-12-22-43(51)52/h5-6,8-11,13-14,16-21,24-25,28,39-40,42,45,50H,7,12,15,22-23,26-27,29-31H2,1-4H3,(H,51,52)/b32-28+/t39-,40+,42-,45-/m1/s1. The number of benzene rings is 4. The van der Waals surface area contributed by atoms with Crippen molar-refractivity contribution in [3.63, 3.8) is 0 Å². The van der Waals surface area contributed by atoms with Crippen LogP contribution < -0.4 is 10.4 Å². The first-order valence-corrected chi connectivity index (χ1v) is 22.3. The van der Waals surface area contributed by atoms with E-state index in [2.05, 4.69) is 82.3 Å². The number of imide groups is 1. The van der Waals surface area contributed by atoms with E-state index in [4.69, 9.17) is 14.3 Å². The van der Waals surface area contributed by atoms with Crippen molar-refractivity contribution in [2.45, 2.75) is 83.8 Å². The van der Waals surface area contributed by atoms with Gasteiger partial charge in [0, 0.05) is 24.3 Å². The Morgan fingerprint density at radius 2 is 1.49 bits per heavy atom. The highest BCUT2D eigenvalue weighted by Gasteiger charge is 2.57. The highest BCUT2D eigenvalue weighted by Crippen LogP contribution is 2.50. The molecule has 8 nitrogen and oxygen atoms in total. The van der Waals surface area contributed by atoms with E-state index in [0.717, 1.165) is 40.3 Å². The lowest BCUT2D eigenvalue weighted by Crippen LogP contribution is -2.66. The number of hydrogen-bond acceptors (Lipinski definition) is 6. The van der Waals surface area contributed by atoms with E-state index >= 15 is 0 Å². The monoisotopic (exact) mass is 785 g/mol. The van der Waals surface area contributed by atoms with E-state index < -0.39 is 26.1 Å². The van der Waals surface area contributed by atoms with Gasteiger partial charge in [0.2, 0.25) is 11.8 Å². The van der Waals surface area contributed by atoms with Crippen molar-refractivity contribution < 1.29 is 33.8 Å². The molecule has 0 unspecified atom stereocenters. The number of unbranched alkanes of at least 4 members (excludes halogenated alkanes) is 2. The average molecular weight is 786 g/mol. The van der Waals surface area contributed by atoms with Crippen LogP contribution in [0.2, 0.25) is 5.04 Å². The molecule has 0 radical (unpaired) electrons. The topological polar surface area (TPSA) is 113 Å². The Labute approximate surface area is 337 Å². The van der Waals surface area contributed by atoms with E-state index in [9.17, 15) is 19.5 Å². The van der Waals surface area contributed by atoms with Gasteiger partial charge in [-0.25, -0.2) is 0 Å². The number of fused-ring (bicyclic) bond motifs is 4. The number of phenolic OH excluding ortho intramolecular Hbond substituents is 1. The average Bonchev–Trinajstić information content (AvgIpc) is 3.73. The second-order valence-corrected chi connectivity index (χ2v) is 21.4. The Kier molecular flexibility index (Phi) is 12.0. The fourth-order valence-corrected chi connectivity index (χ4v) is 14.2. The molecule has 0 aromatic heterocycles. The van der Waals surface area contributed by atoms with Gasteiger partial charge in [-0.3, -0.25) is 19.3 Å². The largest absolute Gasteiger partial charge is 0.507 e. The lowest BCUT2D eigenvalue weighted by molar-refractivity contribution is -0.141. The van der Waals surface area contributed by atoms with Gasteiger partial charge in [0.1, 0.15) is 5.75 Å². The number of rotatable bonds is 15. The minimum atomic E-state index is -2.92. The zero-order chi connectivity index (χ0) is 40.3. The maximum Gasteiger partial charge on any atom is 0.303 e. The van der Waals surface area contributed by atoms with Crippen LogP contribution in [0, 0.1) is 17.8 Å². The molecule has 1 aliphatic carbocycles. The highest BCUT2D eigenvalue weighted by atomic mass is 28.4. The summed E-state index contributed by atoms with van der Waals surface area (Å²) in [5.74, 6) is -2.01. The normalized spacial score (nSPS) is 21.3. The predicted molar refractivity (Wildman–Crippen MR) is 227 cm³/mol. The van der Waals surface area contributed by atoms with Gasteiger partial charge in [-0.15, -0.1) is 0 Å². The number of ether oxygens (including phenoxy) is 1. The Balaban J connectivity index is 1.21. The van der Waals surface area contributed by atoms with E-state index in [1.165, 1.54) is 20.8 Å². The molecule has 9 heteroatoms. The van der Waals surface area contributed by atoms with Gasteiger partial charge in [-0.2, -0.15) is 0 Å². The van der Waals surface area contributed by atoms with E-state index in [-0.39, 0.29) is 41.0 Å². The third-order valence-corrected chi connectivity index (χ3v) is 17.4. The van der Waals surface area contributed by atoms with Gasteiger partial charge >= 0.3 is 5.97 Å². The summed E-state index contributed by atoms with van der Waals surface area (Å²) in [6.45, 7) is 9.93. The molecule has 7 rings (SSSR count). The molecule has 0 bridgehead atoms. The number of carboxylic acids is 1. The Morgan fingerprint density at radius 3 is 2.14 bits per heavy atom. The molecule has 2 amide bonds. The van der Waals surface area contributed by atoms with Crippen LogP contribution >= 0.6 is 0 Å². The molecule has 3 aliphatic rings. The molecule has 2 heterocycles. The molecular weight excluding hydrogens is 731 g/mol. The first-order valence-electron chi connectivity index (χ1n) is 20.4. The highest BCUT2D eigenvalue weighted by molar-refractivity contribution is 6.99. The van der Waals surface area contributed by atoms with Crippen LogP contribution in [-0.4, -0.2) is 67.1 Å². The quantitative estimate of drug-likeness (QED) is 0.0540. The molecule has 4 atom stereocenters. The van der Waals surface area contributed by atoms with Crippen molar-refractivity contribution in [1.82, 2.24) is 4.90 Å². The molecule has 298 valence electrons. The second-order valence-electron chi connectivity index (χ2n) is 17.1. The number of hydrogen-bond donors (Lipinski definition) is 2. The van der Waals surface area contributed by atoms with Gasteiger partial charge in [0.25, 0.3) is 8.32 Å². The predicted octanol–water partition coefficient (Wildman–Crippen LogP) is 8.27. The van der Waals surface area contributed by atoms with Crippen molar-refractivity contribution >= 4 is 53.3 Å². The number of carbonyl (C=O) groups excluding carboxylic acids is 2. The van der Waals surface area contributed by atoms with Crippen molar-refractivity contribution in [1.29, 1.82) is 0 Å². The number of nitrogens with zero attached hydrogens (tertiary/aromatic N) is 1. The van der Waals surface area contributed by atoms with Crippen LogP contribution in [0.4, 0.5) is 0 Å². The van der Waals surface area contributed by atoms with Crippen LogP contribution in [0.5, 0.6) is 5.75 Å².